The van der Waals surface area contributed by atoms with Gasteiger partial charge in [-0.15, -0.1) is 0 Å². The first-order valence-corrected chi connectivity index (χ1v) is 7.32. The van der Waals surface area contributed by atoms with Crippen LogP contribution in [-0.4, -0.2) is 41.3 Å². The van der Waals surface area contributed by atoms with Crippen molar-refractivity contribution in [2.24, 2.45) is 5.92 Å². The van der Waals surface area contributed by atoms with E-state index in [9.17, 15) is 5.11 Å². The minimum atomic E-state index is -0.714. The molecule has 0 aromatic carbocycles. The summed E-state index contributed by atoms with van der Waals surface area (Å²) in [5.74, 6) is 0.215. The van der Waals surface area contributed by atoms with Crippen molar-refractivity contribution in [2.45, 2.75) is 39.5 Å². The molecule has 0 aliphatic rings. The van der Waals surface area contributed by atoms with Gasteiger partial charge >= 0.3 is 0 Å². The van der Waals surface area contributed by atoms with Gasteiger partial charge in [-0.2, -0.15) is 5.10 Å². The molecule has 110 valence electrons. The fourth-order valence-electron chi connectivity index (χ4n) is 2.02. The van der Waals surface area contributed by atoms with Gasteiger partial charge in [0.2, 0.25) is 0 Å². The van der Waals surface area contributed by atoms with Crippen LogP contribution in [-0.2, 0) is 16.0 Å². The fraction of sp³-hybridized carbons (Fsp3) is 0.769. The predicted molar refractivity (Wildman–Crippen MR) is 77.0 cm³/mol. The van der Waals surface area contributed by atoms with Crippen molar-refractivity contribution in [1.29, 1.82) is 0 Å². The molecule has 0 radical (unpaired) electrons. The zero-order chi connectivity index (χ0) is 14.4. The monoisotopic (exact) mass is 334 g/mol. The van der Waals surface area contributed by atoms with E-state index in [-0.39, 0.29) is 12.0 Å². The molecule has 1 N–H and O–H groups in total. The molecule has 19 heavy (non-hydrogen) atoms. The summed E-state index contributed by atoms with van der Waals surface area (Å²) >= 11 is 3.44. The van der Waals surface area contributed by atoms with Gasteiger partial charge in [-0.05, 0) is 28.8 Å². The predicted octanol–water partition coefficient (Wildman–Crippen LogP) is 2.39. The van der Waals surface area contributed by atoms with Gasteiger partial charge in [0.25, 0.3) is 0 Å². The van der Waals surface area contributed by atoms with Crippen LogP contribution < -0.4 is 0 Å². The van der Waals surface area contributed by atoms with E-state index in [1.54, 1.807) is 18.0 Å². The van der Waals surface area contributed by atoms with Crippen molar-refractivity contribution in [3.05, 3.63) is 16.4 Å². The third kappa shape index (κ3) is 4.27. The first-order valence-electron chi connectivity index (χ1n) is 6.52. The number of aliphatic hydroxyl groups excluding tert-OH is 1. The van der Waals surface area contributed by atoms with Crippen molar-refractivity contribution in [1.82, 2.24) is 9.78 Å². The van der Waals surface area contributed by atoms with Crippen molar-refractivity contribution in [2.75, 3.05) is 20.3 Å². The highest BCUT2D eigenvalue weighted by Gasteiger charge is 2.29. The Balaban J connectivity index is 2.95. The van der Waals surface area contributed by atoms with Gasteiger partial charge in [-0.1, -0.05) is 13.8 Å². The maximum absolute atomic E-state index is 10.6. The molecule has 0 amide bonds. The summed E-state index contributed by atoms with van der Waals surface area (Å²) in [6.45, 7) is 7.73. The van der Waals surface area contributed by atoms with Crippen molar-refractivity contribution < 1.29 is 14.6 Å². The van der Waals surface area contributed by atoms with Crippen LogP contribution in [0.5, 0.6) is 0 Å². The second-order valence-electron chi connectivity index (χ2n) is 4.70. The molecule has 2 atom stereocenters. The van der Waals surface area contributed by atoms with Gasteiger partial charge in [0.1, 0.15) is 6.10 Å². The van der Waals surface area contributed by atoms with Gasteiger partial charge in [0.15, 0.2) is 0 Å². The minimum Gasteiger partial charge on any atom is -0.384 e. The van der Waals surface area contributed by atoms with Crippen LogP contribution in [0.15, 0.2) is 10.7 Å². The van der Waals surface area contributed by atoms with E-state index >= 15 is 0 Å². The lowest BCUT2D eigenvalue weighted by atomic mass is 9.99. The minimum absolute atomic E-state index is 0.215. The molecule has 0 bridgehead atoms. The average Bonchev–Trinajstić information content (AvgIpc) is 2.73. The van der Waals surface area contributed by atoms with E-state index in [0.29, 0.717) is 19.8 Å². The van der Waals surface area contributed by atoms with Crippen LogP contribution >= 0.6 is 15.9 Å². The average molecular weight is 335 g/mol. The number of hydrogen-bond donors (Lipinski definition) is 1. The Hall–Kier alpha value is -0.430. The number of nitrogens with zero attached hydrogens (tertiary/aromatic N) is 2. The quantitative estimate of drug-likeness (QED) is 0.793. The van der Waals surface area contributed by atoms with Gasteiger partial charge in [0.05, 0.1) is 35.6 Å². The first kappa shape index (κ1) is 16.6. The molecule has 2 unspecified atom stereocenters. The highest BCUT2D eigenvalue weighted by atomic mass is 79.9. The fourth-order valence-corrected chi connectivity index (χ4v) is 2.55. The van der Waals surface area contributed by atoms with Crippen LogP contribution in [0.25, 0.3) is 0 Å². The van der Waals surface area contributed by atoms with Crippen molar-refractivity contribution in [3.63, 3.8) is 0 Å². The Kier molecular flexibility index (Phi) is 6.99. The Morgan fingerprint density at radius 3 is 2.68 bits per heavy atom. The maximum atomic E-state index is 10.6. The molecule has 6 heteroatoms. The molecule has 0 aliphatic carbocycles. The number of aliphatic hydroxyl groups is 1. The molecule has 0 aliphatic heterocycles. The van der Waals surface area contributed by atoms with E-state index in [1.165, 1.54) is 0 Å². The lowest BCUT2D eigenvalue weighted by Crippen LogP contribution is -2.30. The molecule has 1 rings (SSSR count). The summed E-state index contributed by atoms with van der Waals surface area (Å²) in [5.41, 5.74) is 0.740. The molecule has 1 aromatic heterocycles. The Morgan fingerprint density at radius 2 is 2.16 bits per heavy atom. The molecule has 0 saturated heterocycles. The van der Waals surface area contributed by atoms with Crippen molar-refractivity contribution in [3.8, 4) is 0 Å². The number of halogens is 1. The second-order valence-corrected chi connectivity index (χ2v) is 5.56. The molecule has 0 spiro atoms. The third-order valence-corrected chi connectivity index (χ3v) is 3.56. The number of ether oxygens (including phenoxy) is 2. The highest BCUT2D eigenvalue weighted by Crippen LogP contribution is 2.30. The van der Waals surface area contributed by atoms with E-state index < -0.39 is 6.10 Å². The van der Waals surface area contributed by atoms with Crippen molar-refractivity contribution >= 4 is 15.9 Å². The van der Waals surface area contributed by atoms with Crippen LogP contribution in [0, 0.1) is 5.92 Å². The smallest absolute Gasteiger partial charge is 0.123 e. The second kappa shape index (κ2) is 7.99. The van der Waals surface area contributed by atoms with Crippen LogP contribution in [0.4, 0.5) is 0 Å². The molecular formula is C13H23BrN2O3. The standard InChI is InChI=1S/C13H23BrN2O3/c1-5-19-13(9(2)3)12(17)11-10(14)8-15-16(11)6-7-18-4/h8-9,12-13,17H,5-7H2,1-4H3. The van der Waals surface area contributed by atoms with E-state index in [4.69, 9.17) is 9.47 Å². The number of methoxy groups -OCH3 is 1. The number of rotatable bonds is 8. The lowest BCUT2D eigenvalue weighted by Gasteiger charge is -2.27. The normalized spacial score (nSPS) is 14.9. The van der Waals surface area contributed by atoms with E-state index in [1.807, 2.05) is 20.8 Å². The van der Waals surface area contributed by atoms with Crippen LogP contribution in [0.3, 0.4) is 0 Å². The molecule has 0 fully saturated rings. The summed E-state index contributed by atoms with van der Waals surface area (Å²) in [5, 5.41) is 14.8. The largest absolute Gasteiger partial charge is 0.384 e. The molecule has 5 nitrogen and oxygen atoms in total. The topological polar surface area (TPSA) is 56.5 Å². The van der Waals surface area contributed by atoms with Crippen LogP contribution in [0.1, 0.15) is 32.6 Å². The Morgan fingerprint density at radius 1 is 1.47 bits per heavy atom. The zero-order valence-electron chi connectivity index (χ0n) is 12.0. The summed E-state index contributed by atoms with van der Waals surface area (Å²) < 4.78 is 13.3. The van der Waals surface area contributed by atoms with Gasteiger partial charge < -0.3 is 14.6 Å². The molecule has 1 heterocycles. The zero-order valence-corrected chi connectivity index (χ0v) is 13.6. The van der Waals surface area contributed by atoms with Crippen LogP contribution in [0.2, 0.25) is 0 Å². The van der Waals surface area contributed by atoms with Gasteiger partial charge in [0, 0.05) is 13.7 Å². The lowest BCUT2D eigenvalue weighted by molar-refractivity contribution is -0.0622. The molecule has 1 aromatic rings. The van der Waals surface area contributed by atoms with Gasteiger partial charge in [-0.25, -0.2) is 0 Å². The number of aromatic nitrogens is 2. The SMILES string of the molecule is CCOC(C(C)C)C(O)c1c(Br)cnn1CCOC. The summed E-state index contributed by atoms with van der Waals surface area (Å²) in [6, 6.07) is 0. The summed E-state index contributed by atoms with van der Waals surface area (Å²) in [4.78, 5) is 0. The molecular weight excluding hydrogens is 312 g/mol. The summed E-state index contributed by atoms with van der Waals surface area (Å²) in [7, 11) is 1.64. The highest BCUT2D eigenvalue weighted by molar-refractivity contribution is 9.10. The Labute approximate surface area is 123 Å². The third-order valence-electron chi connectivity index (χ3n) is 2.95. The van der Waals surface area contributed by atoms with E-state index in [0.717, 1.165) is 10.2 Å². The Bertz CT molecular complexity index is 382. The maximum Gasteiger partial charge on any atom is 0.123 e. The first-order chi connectivity index (χ1) is 9.02. The number of hydrogen-bond acceptors (Lipinski definition) is 4. The van der Waals surface area contributed by atoms with E-state index in [2.05, 4.69) is 21.0 Å². The molecule has 0 saturated carbocycles. The summed E-state index contributed by atoms with van der Waals surface area (Å²) in [6.07, 6.45) is 0.727. The van der Waals surface area contributed by atoms with Gasteiger partial charge in [-0.3, -0.25) is 4.68 Å².